The van der Waals surface area contributed by atoms with Crippen molar-refractivity contribution in [2.75, 3.05) is 20.8 Å². The highest BCUT2D eigenvalue weighted by molar-refractivity contribution is 5.18. The zero-order valence-electron chi connectivity index (χ0n) is 11.6. The first-order valence-corrected chi connectivity index (χ1v) is 6.85. The van der Waals surface area contributed by atoms with Gasteiger partial charge < -0.3 is 10.1 Å². The topological polar surface area (TPSA) is 52.0 Å². The Morgan fingerprint density at radius 2 is 2.28 bits per heavy atom. The van der Waals surface area contributed by atoms with Crippen LogP contribution in [0.2, 0.25) is 0 Å². The predicted molar refractivity (Wildman–Crippen MR) is 70.6 cm³/mol. The first-order valence-electron chi connectivity index (χ1n) is 6.85. The summed E-state index contributed by atoms with van der Waals surface area (Å²) in [5.41, 5.74) is 2.46. The largest absolute Gasteiger partial charge is 0.385 e. The summed E-state index contributed by atoms with van der Waals surface area (Å²) in [5.74, 6) is 0.661. The van der Waals surface area contributed by atoms with E-state index in [4.69, 9.17) is 4.74 Å². The molecule has 1 aliphatic carbocycles. The van der Waals surface area contributed by atoms with Crippen LogP contribution >= 0.6 is 0 Å². The van der Waals surface area contributed by atoms with Crippen LogP contribution in [0.3, 0.4) is 0 Å². The molecular formula is C13H24N4O. The smallest absolute Gasteiger partial charge is 0.0999 e. The van der Waals surface area contributed by atoms with Gasteiger partial charge in [0.15, 0.2) is 0 Å². The molecular weight excluding hydrogens is 228 g/mol. The molecule has 1 fully saturated rings. The van der Waals surface area contributed by atoms with Gasteiger partial charge in [0.2, 0.25) is 0 Å². The van der Waals surface area contributed by atoms with Gasteiger partial charge in [0, 0.05) is 26.2 Å². The summed E-state index contributed by atoms with van der Waals surface area (Å²) in [7, 11) is 3.70. The number of methoxy groups -OCH3 is 1. The van der Waals surface area contributed by atoms with Gasteiger partial charge in [0.1, 0.15) is 0 Å². The van der Waals surface area contributed by atoms with Crippen molar-refractivity contribution in [1.29, 1.82) is 0 Å². The highest BCUT2D eigenvalue weighted by Gasteiger charge is 2.28. The molecule has 2 rings (SSSR count). The van der Waals surface area contributed by atoms with Gasteiger partial charge >= 0.3 is 0 Å². The van der Waals surface area contributed by atoms with E-state index >= 15 is 0 Å². The summed E-state index contributed by atoms with van der Waals surface area (Å²) in [5, 5.41) is 11.9. The zero-order chi connectivity index (χ0) is 13.0. The zero-order valence-corrected chi connectivity index (χ0v) is 11.6. The average molecular weight is 252 g/mol. The summed E-state index contributed by atoms with van der Waals surface area (Å²) < 4.78 is 7.28. The highest BCUT2D eigenvalue weighted by Crippen LogP contribution is 2.38. The minimum absolute atomic E-state index is 0.360. The number of hydrogen-bond acceptors (Lipinski definition) is 4. The molecule has 18 heavy (non-hydrogen) atoms. The van der Waals surface area contributed by atoms with Crippen LogP contribution in [-0.4, -0.2) is 35.8 Å². The molecule has 102 valence electrons. The second-order valence-electron chi connectivity index (χ2n) is 5.15. The molecule has 0 aromatic carbocycles. The molecule has 0 amide bonds. The van der Waals surface area contributed by atoms with E-state index in [1.54, 1.807) is 7.11 Å². The summed E-state index contributed by atoms with van der Waals surface area (Å²) in [6, 6.07) is 0.360. The molecule has 0 bridgehead atoms. The van der Waals surface area contributed by atoms with E-state index in [0.717, 1.165) is 25.3 Å². The first-order chi connectivity index (χ1) is 8.77. The first kappa shape index (κ1) is 13.5. The van der Waals surface area contributed by atoms with Crippen molar-refractivity contribution in [1.82, 2.24) is 20.3 Å². The summed E-state index contributed by atoms with van der Waals surface area (Å²) in [4.78, 5) is 0. The molecule has 1 heterocycles. The second kappa shape index (κ2) is 6.29. The fourth-order valence-electron chi connectivity index (χ4n) is 2.47. The number of rotatable bonds is 7. The van der Waals surface area contributed by atoms with E-state index in [1.807, 2.05) is 7.05 Å². The number of nitrogens with zero attached hydrogens (tertiary/aromatic N) is 3. The summed E-state index contributed by atoms with van der Waals surface area (Å²) >= 11 is 0. The van der Waals surface area contributed by atoms with Crippen molar-refractivity contribution in [3.05, 3.63) is 11.4 Å². The number of ether oxygens (including phenoxy) is 1. The van der Waals surface area contributed by atoms with Gasteiger partial charge in [-0.25, -0.2) is 4.68 Å². The van der Waals surface area contributed by atoms with Crippen LogP contribution in [0.4, 0.5) is 0 Å². The van der Waals surface area contributed by atoms with Crippen LogP contribution in [0.5, 0.6) is 0 Å². The monoisotopic (exact) mass is 252 g/mol. The fraction of sp³-hybridized carbons (Fsp3) is 0.846. The van der Waals surface area contributed by atoms with E-state index in [9.17, 15) is 0 Å². The number of nitrogens with one attached hydrogen (secondary N) is 1. The van der Waals surface area contributed by atoms with Crippen molar-refractivity contribution >= 4 is 0 Å². The molecule has 5 heteroatoms. The van der Waals surface area contributed by atoms with Gasteiger partial charge in [-0.2, -0.15) is 0 Å². The quantitative estimate of drug-likeness (QED) is 0.805. The van der Waals surface area contributed by atoms with Gasteiger partial charge in [0.25, 0.3) is 0 Å². The van der Waals surface area contributed by atoms with Gasteiger partial charge in [-0.3, -0.25) is 0 Å². The highest BCUT2D eigenvalue weighted by atomic mass is 16.5. The molecule has 1 aliphatic rings. The molecule has 0 spiro atoms. The normalized spacial score (nSPS) is 17.7. The Labute approximate surface area is 109 Å². The minimum Gasteiger partial charge on any atom is -0.385 e. The Bertz CT molecular complexity index is 373. The van der Waals surface area contributed by atoms with E-state index in [1.165, 1.54) is 25.0 Å². The molecule has 5 nitrogen and oxygen atoms in total. The maximum absolute atomic E-state index is 5.16. The molecule has 1 atom stereocenters. The second-order valence-corrected chi connectivity index (χ2v) is 5.15. The van der Waals surface area contributed by atoms with E-state index in [-0.39, 0.29) is 0 Å². The molecule has 1 N–H and O–H groups in total. The van der Waals surface area contributed by atoms with Gasteiger partial charge in [-0.15, -0.1) is 5.10 Å². The predicted octanol–water partition coefficient (Wildman–Crippen LogP) is 1.86. The van der Waals surface area contributed by atoms with E-state index in [0.29, 0.717) is 12.0 Å². The molecule has 1 unspecified atom stereocenters. The molecule has 1 aromatic heterocycles. The van der Waals surface area contributed by atoms with Crippen LogP contribution in [0.15, 0.2) is 0 Å². The lowest BCUT2D eigenvalue weighted by Gasteiger charge is -2.28. The lowest BCUT2D eigenvalue weighted by Crippen LogP contribution is -2.21. The summed E-state index contributed by atoms with van der Waals surface area (Å²) in [6.07, 6.45) is 4.88. The van der Waals surface area contributed by atoms with Crippen molar-refractivity contribution in [2.45, 2.75) is 51.1 Å². The Kier molecular flexibility index (Phi) is 4.72. The fourth-order valence-corrected chi connectivity index (χ4v) is 2.47. The van der Waals surface area contributed by atoms with Crippen LogP contribution in [-0.2, 0) is 11.3 Å². The van der Waals surface area contributed by atoms with Gasteiger partial charge in [-0.05, 0) is 33.2 Å². The van der Waals surface area contributed by atoms with Crippen LogP contribution in [0.1, 0.15) is 56.0 Å². The minimum atomic E-state index is 0.360. The lowest BCUT2D eigenvalue weighted by molar-refractivity contribution is 0.176. The molecule has 0 saturated heterocycles. The van der Waals surface area contributed by atoms with E-state index in [2.05, 4.69) is 27.2 Å². The average Bonchev–Trinajstić information content (AvgIpc) is 2.69. The van der Waals surface area contributed by atoms with Gasteiger partial charge in [-0.1, -0.05) is 11.6 Å². The van der Waals surface area contributed by atoms with Crippen molar-refractivity contribution in [3.8, 4) is 0 Å². The molecule has 0 aliphatic heterocycles. The standard InChI is InChI=1S/C13H24N4O/c1-10(7-8-18-3)17-13(11-5-4-6-11)12(9-14-2)15-16-17/h10-11,14H,4-9H2,1-3H3. The van der Waals surface area contributed by atoms with Gasteiger partial charge in [0.05, 0.1) is 17.4 Å². The Morgan fingerprint density at radius 1 is 1.50 bits per heavy atom. The molecule has 1 saturated carbocycles. The van der Waals surface area contributed by atoms with Crippen LogP contribution in [0, 0.1) is 0 Å². The third-order valence-electron chi connectivity index (χ3n) is 3.80. The van der Waals surface area contributed by atoms with Crippen molar-refractivity contribution < 1.29 is 4.74 Å². The Morgan fingerprint density at radius 3 is 2.83 bits per heavy atom. The molecule has 1 aromatic rings. The SMILES string of the molecule is CNCc1nnn(C(C)CCOC)c1C1CCC1. The maximum Gasteiger partial charge on any atom is 0.0999 e. The Hall–Kier alpha value is -0.940. The van der Waals surface area contributed by atoms with E-state index < -0.39 is 0 Å². The number of aromatic nitrogens is 3. The molecule has 0 radical (unpaired) electrons. The number of hydrogen-bond donors (Lipinski definition) is 1. The third kappa shape index (κ3) is 2.72. The Balaban J connectivity index is 2.17. The van der Waals surface area contributed by atoms with Crippen LogP contribution < -0.4 is 5.32 Å². The maximum atomic E-state index is 5.16. The third-order valence-corrected chi connectivity index (χ3v) is 3.80. The van der Waals surface area contributed by atoms with Crippen LogP contribution in [0.25, 0.3) is 0 Å². The summed E-state index contributed by atoms with van der Waals surface area (Å²) in [6.45, 7) is 3.77. The lowest BCUT2D eigenvalue weighted by atomic mass is 9.82. The van der Waals surface area contributed by atoms with Crippen molar-refractivity contribution in [2.24, 2.45) is 0 Å². The van der Waals surface area contributed by atoms with Crippen molar-refractivity contribution in [3.63, 3.8) is 0 Å².